The molecule has 0 heterocycles. The molecule has 5 heteroatoms. The Kier molecular flexibility index (Phi) is 4.75. The van der Waals surface area contributed by atoms with Gasteiger partial charge in [-0.1, -0.05) is 13.3 Å². The Balaban J connectivity index is 2.63. The zero-order chi connectivity index (χ0) is 12.2. The molecule has 3 unspecified atom stereocenters. The lowest BCUT2D eigenvalue weighted by molar-refractivity contribution is 0.421. The van der Waals surface area contributed by atoms with E-state index in [1.807, 2.05) is 6.92 Å². The van der Waals surface area contributed by atoms with Gasteiger partial charge in [-0.25, -0.2) is 8.42 Å². The van der Waals surface area contributed by atoms with Crippen molar-refractivity contribution in [1.29, 1.82) is 5.26 Å². The Labute approximate surface area is 98.0 Å². The van der Waals surface area contributed by atoms with Crippen molar-refractivity contribution in [2.45, 2.75) is 56.4 Å². The van der Waals surface area contributed by atoms with E-state index >= 15 is 0 Å². The van der Waals surface area contributed by atoms with Gasteiger partial charge < -0.3 is 5.32 Å². The maximum absolute atomic E-state index is 11.6. The largest absolute Gasteiger partial charge is 0.309 e. The molecule has 16 heavy (non-hydrogen) atoms. The van der Waals surface area contributed by atoms with Gasteiger partial charge in [0.05, 0.1) is 17.7 Å². The zero-order valence-electron chi connectivity index (χ0n) is 9.94. The van der Waals surface area contributed by atoms with Crippen LogP contribution in [0, 0.1) is 11.3 Å². The average molecular weight is 244 g/mol. The van der Waals surface area contributed by atoms with Crippen LogP contribution in [-0.4, -0.2) is 32.0 Å². The summed E-state index contributed by atoms with van der Waals surface area (Å²) in [6.45, 7) is 2.01. The molecular formula is C11H20N2O2S. The fraction of sp³-hybridized carbons (Fsp3) is 0.909. The molecule has 0 aromatic carbocycles. The minimum Gasteiger partial charge on any atom is -0.309 e. The monoisotopic (exact) mass is 244 g/mol. The molecule has 1 N–H and O–H groups in total. The highest BCUT2D eigenvalue weighted by atomic mass is 32.2. The number of rotatable bonds is 5. The molecule has 0 aromatic rings. The summed E-state index contributed by atoms with van der Waals surface area (Å²) < 4.78 is 23.1. The third kappa shape index (κ3) is 3.46. The molecule has 0 aromatic heterocycles. The lowest BCUT2D eigenvalue weighted by atomic mass is 10.1. The summed E-state index contributed by atoms with van der Waals surface area (Å²) in [6.07, 6.45) is 5.23. The summed E-state index contributed by atoms with van der Waals surface area (Å²) >= 11 is 0. The van der Waals surface area contributed by atoms with E-state index in [2.05, 4.69) is 11.4 Å². The van der Waals surface area contributed by atoms with Crippen molar-refractivity contribution in [3.05, 3.63) is 0 Å². The number of nitriles is 1. The molecule has 1 rings (SSSR count). The van der Waals surface area contributed by atoms with Crippen LogP contribution in [0.1, 0.15) is 39.0 Å². The second kappa shape index (κ2) is 5.65. The van der Waals surface area contributed by atoms with Gasteiger partial charge in [-0.15, -0.1) is 0 Å². The highest BCUT2D eigenvalue weighted by Crippen LogP contribution is 2.25. The molecule has 1 saturated carbocycles. The average Bonchev–Trinajstić information content (AvgIpc) is 2.64. The van der Waals surface area contributed by atoms with E-state index in [9.17, 15) is 8.42 Å². The van der Waals surface area contributed by atoms with Gasteiger partial charge in [0.2, 0.25) is 0 Å². The molecule has 0 aliphatic heterocycles. The van der Waals surface area contributed by atoms with Crippen molar-refractivity contribution in [3.8, 4) is 6.07 Å². The van der Waals surface area contributed by atoms with E-state index < -0.39 is 9.84 Å². The van der Waals surface area contributed by atoms with Gasteiger partial charge in [-0.05, 0) is 19.3 Å². The summed E-state index contributed by atoms with van der Waals surface area (Å²) in [5.74, 6) is 0. The van der Waals surface area contributed by atoms with Crippen molar-refractivity contribution in [1.82, 2.24) is 5.32 Å². The van der Waals surface area contributed by atoms with Crippen LogP contribution in [0.15, 0.2) is 0 Å². The molecule has 0 bridgehead atoms. The Hall–Kier alpha value is -0.600. The first-order valence-electron chi connectivity index (χ1n) is 5.81. The predicted octanol–water partition coefficient (Wildman–Crippen LogP) is 1.23. The number of nitrogens with zero attached hydrogens (tertiary/aromatic N) is 1. The zero-order valence-corrected chi connectivity index (χ0v) is 10.8. The van der Waals surface area contributed by atoms with Crippen molar-refractivity contribution >= 4 is 9.84 Å². The lowest BCUT2D eigenvalue weighted by Gasteiger charge is -2.24. The predicted molar refractivity (Wildman–Crippen MR) is 63.7 cm³/mol. The molecule has 0 radical (unpaired) electrons. The van der Waals surface area contributed by atoms with Gasteiger partial charge in [0.25, 0.3) is 0 Å². The summed E-state index contributed by atoms with van der Waals surface area (Å²) in [5, 5.41) is 11.7. The minimum absolute atomic E-state index is 0.0355. The molecule has 0 amide bonds. The molecule has 92 valence electrons. The van der Waals surface area contributed by atoms with E-state index in [4.69, 9.17) is 5.26 Å². The molecule has 1 aliphatic carbocycles. The second-order valence-corrected chi connectivity index (χ2v) is 6.80. The summed E-state index contributed by atoms with van der Waals surface area (Å²) in [7, 11) is -2.97. The number of hydrogen-bond donors (Lipinski definition) is 1. The van der Waals surface area contributed by atoms with Crippen LogP contribution >= 0.6 is 0 Å². The molecule has 4 nitrogen and oxygen atoms in total. The fourth-order valence-electron chi connectivity index (χ4n) is 2.36. The van der Waals surface area contributed by atoms with Gasteiger partial charge >= 0.3 is 0 Å². The van der Waals surface area contributed by atoms with Gasteiger partial charge in [0.1, 0.15) is 0 Å². The third-order valence-corrected chi connectivity index (χ3v) is 4.95. The Morgan fingerprint density at radius 2 is 2.19 bits per heavy atom. The fourth-order valence-corrected chi connectivity index (χ4v) is 3.77. The summed E-state index contributed by atoms with van der Waals surface area (Å²) in [6, 6.07) is 2.29. The Bertz CT molecular complexity index is 359. The molecule has 3 atom stereocenters. The summed E-state index contributed by atoms with van der Waals surface area (Å²) in [5.41, 5.74) is 0. The van der Waals surface area contributed by atoms with Crippen LogP contribution in [0.3, 0.4) is 0 Å². The number of sulfone groups is 1. The molecule has 0 saturated heterocycles. The first kappa shape index (κ1) is 13.5. The third-order valence-electron chi connectivity index (χ3n) is 3.28. The van der Waals surface area contributed by atoms with E-state index in [0.29, 0.717) is 6.42 Å². The molecule has 1 aliphatic rings. The maximum atomic E-state index is 11.6. The van der Waals surface area contributed by atoms with E-state index in [0.717, 1.165) is 25.7 Å². The van der Waals surface area contributed by atoms with Gasteiger partial charge in [-0.2, -0.15) is 5.26 Å². The van der Waals surface area contributed by atoms with Crippen molar-refractivity contribution in [2.75, 3.05) is 6.26 Å². The SMILES string of the molecule is CCC(CC#N)NC1CCCC1S(C)(=O)=O. The van der Waals surface area contributed by atoms with E-state index in [1.54, 1.807) is 0 Å². The summed E-state index contributed by atoms with van der Waals surface area (Å²) in [4.78, 5) is 0. The maximum Gasteiger partial charge on any atom is 0.151 e. The van der Waals surface area contributed by atoms with Crippen LogP contribution < -0.4 is 5.32 Å². The van der Waals surface area contributed by atoms with Gasteiger partial charge in [0, 0.05) is 18.3 Å². The number of hydrogen-bond acceptors (Lipinski definition) is 4. The number of nitrogens with one attached hydrogen (secondary N) is 1. The van der Waals surface area contributed by atoms with E-state index in [-0.39, 0.29) is 17.3 Å². The first-order chi connectivity index (χ1) is 7.49. The van der Waals surface area contributed by atoms with Crippen LogP contribution in [-0.2, 0) is 9.84 Å². The Morgan fingerprint density at radius 3 is 2.69 bits per heavy atom. The molecular weight excluding hydrogens is 224 g/mol. The Morgan fingerprint density at radius 1 is 1.50 bits per heavy atom. The van der Waals surface area contributed by atoms with E-state index in [1.165, 1.54) is 6.26 Å². The highest BCUT2D eigenvalue weighted by molar-refractivity contribution is 7.91. The van der Waals surface area contributed by atoms with Crippen molar-refractivity contribution in [2.24, 2.45) is 0 Å². The highest BCUT2D eigenvalue weighted by Gasteiger charge is 2.35. The van der Waals surface area contributed by atoms with Crippen LogP contribution in [0.25, 0.3) is 0 Å². The minimum atomic E-state index is -2.97. The molecule has 0 spiro atoms. The van der Waals surface area contributed by atoms with Gasteiger partial charge in [-0.3, -0.25) is 0 Å². The smallest absolute Gasteiger partial charge is 0.151 e. The topological polar surface area (TPSA) is 70.0 Å². The van der Waals surface area contributed by atoms with Crippen molar-refractivity contribution < 1.29 is 8.42 Å². The lowest BCUT2D eigenvalue weighted by Crippen LogP contribution is -2.44. The first-order valence-corrected chi connectivity index (χ1v) is 7.76. The van der Waals surface area contributed by atoms with Crippen LogP contribution in [0.4, 0.5) is 0 Å². The van der Waals surface area contributed by atoms with Gasteiger partial charge in [0.15, 0.2) is 9.84 Å². The van der Waals surface area contributed by atoms with Crippen LogP contribution in [0.5, 0.6) is 0 Å². The van der Waals surface area contributed by atoms with Crippen molar-refractivity contribution in [3.63, 3.8) is 0 Å². The molecule has 1 fully saturated rings. The van der Waals surface area contributed by atoms with Crippen LogP contribution in [0.2, 0.25) is 0 Å². The standard InChI is InChI=1S/C11H20N2O2S/c1-3-9(7-8-12)13-10-5-4-6-11(10)16(2,14)15/h9-11,13H,3-7H2,1-2H3. The normalized spacial score (nSPS) is 27.6. The second-order valence-electron chi connectivity index (χ2n) is 4.54. The quantitative estimate of drug-likeness (QED) is 0.789.